The number of nitrogens with zero attached hydrogens (tertiary/aromatic N) is 5. The molecule has 0 saturated heterocycles. The van der Waals surface area contributed by atoms with Crippen LogP contribution >= 0.6 is 0 Å². The lowest BCUT2D eigenvalue weighted by atomic mass is 9.96. The van der Waals surface area contributed by atoms with E-state index in [0.29, 0.717) is 35.8 Å². The number of benzene rings is 2. The molecule has 0 bridgehead atoms. The van der Waals surface area contributed by atoms with Gasteiger partial charge in [-0.1, -0.05) is 67.0 Å². The van der Waals surface area contributed by atoms with Crippen molar-refractivity contribution in [1.29, 1.82) is 0 Å². The van der Waals surface area contributed by atoms with Crippen molar-refractivity contribution >= 4 is 11.7 Å². The number of aromatic amines is 1. The van der Waals surface area contributed by atoms with Crippen molar-refractivity contribution < 1.29 is 9.32 Å². The van der Waals surface area contributed by atoms with Crippen LogP contribution in [0.2, 0.25) is 0 Å². The van der Waals surface area contributed by atoms with E-state index in [1.165, 1.54) is 4.57 Å². The first-order valence-electron chi connectivity index (χ1n) is 12.3. The summed E-state index contributed by atoms with van der Waals surface area (Å²) in [6.07, 6.45) is 1.76. The molecule has 0 fully saturated rings. The van der Waals surface area contributed by atoms with Gasteiger partial charge in [-0.15, -0.1) is 0 Å². The van der Waals surface area contributed by atoms with Crippen molar-refractivity contribution in [3.05, 3.63) is 92.1 Å². The van der Waals surface area contributed by atoms with Gasteiger partial charge in [0, 0.05) is 17.5 Å². The molecule has 0 radical (unpaired) electrons. The van der Waals surface area contributed by atoms with Crippen LogP contribution in [-0.2, 0) is 17.6 Å². The summed E-state index contributed by atoms with van der Waals surface area (Å²) in [5.41, 5.74) is 10.00. The summed E-state index contributed by atoms with van der Waals surface area (Å²) in [6, 6.07) is 14.5. The zero-order chi connectivity index (χ0) is 27.0. The normalized spacial score (nSPS) is 12.2. The third kappa shape index (κ3) is 4.42. The number of nitrogens with two attached hydrogens (primary N) is 1. The fourth-order valence-electron chi connectivity index (χ4n) is 4.67. The number of carbonyl (C=O) groups excluding carboxylic acids is 1. The van der Waals surface area contributed by atoms with E-state index in [-0.39, 0.29) is 5.56 Å². The van der Waals surface area contributed by atoms with Crippen LogP contribution < -0.4 is 17.0 Å². The summed E-state index contributed by atoms with van der Waals surface area (Å²) >= 11 is 0. The number of nitrogens with one attached hydrogen (secondary N) is 1. The van der Waals surface area contributed by atoms with Crippen LogP contribution in [0.3, 0.4) is 0 Å². The quantitative estimate of drug-likeness (QED) is 0.323. The lowest BCUT2D eigenvalue weighted by Gasteiger charge is -2.18. The highest BCUT2D eigenvalue weighted by atomic mass is 16.5. The molecule has 1 atom stereocenters. The van der Waals surface area contributed by atoms with Gasteiger partial charge < -0.3 is 5.73 Å². The van der Waals surface area contributed by atoms with Crippen molar-refractivity contribution in [2.45, 2.75) is 46.1 Å². The van der Waals surface area contributed by atoms with Crippen molar-refractivity contribution in [2.75, 3.05) is 0 Å². The first-order valence-corrected chi connectivity index (χ1v) is 12.3. The monoisotopic (exact) mass is 513 g/mol. The molecular formula is C27H27N7O4. The van der Waals surface area contributed by atoms with E-state index in [1.807, 2.05) is 55.5 Å². The Morgan fingerprint density at radius 3 is 2.45 bits per heavy atom. The maximum absolute atomic E-state index is 13.8. The average Bonchev–Trinajstić information content (AvgIpc) is 3.51. The Kier molecular flexibility index (Phi) is 6.50. The molecule has 5 rings (SSSR count). The minimum absolute atomic E-state index is 0.302. The van der Waals surface area contributed by atoms with Crippen molar-refractivity contribution in [3.63, 3.8) is 0 Å². The second-order valence-electron chi connectivity index (χ2n) is 9.16. The van der Waals surface area contributed by atoms with Gasteiger partial charge >= 0.3 is 5.76 Å². The summed E-state index contributed by atoms with van der Waals surface area (Å²) < 4.78 is 7.68. The van der Waals surface area contributed by atoms with E-state index >= 15 is 0 Å². The second kappa shape index (κ2) is 9.92. The molecule has 0 aliphatic carbocycles. The molecule has 3 heterocycles. The van der Waals surface area contributed by atoms with E-state index in [1.54, 1.807) is 18.4 Å². The van der Waals surface area contributed by atoms with Crippen LogP contribution in [0.4, 0.5) is 0 Å². The number of aryl methyl sites for hydroxylation is 2. The molecule has 0 aliphatic heterocycles. The Bertz CT molecular complexity index is 1760. The molecule has 38 heavy (non-hydrogen) atoms. The molecular weight excluding hydrogens is 486 g/mol. The first kappa shape index (κ1) is 24.9. The minimum Gasteiger partial charge on any atom is -0.368 e. The van der Waals surface area contributed by atoms with Crippen LogP contribution in [0.1, 0.15) is 49.0 Å². The van der Waals surface area contributed by atoms with Crippen LogP contribution in [0.25, 0.3) is 28.3 Å². The topological polar surface area (TPSA) is 154 Å². The molecule has 0 saturated carbocycles. The predicted octanol–water partition coefficient (Wildman–Crippen LogP) is 2.80. The highest BCUT2D eigenvalue weighted by Crippen LogP contribution is 2.30. The number of primary amides is 1. The summed E-state index contributed by atoms with van der Waals surface area (Å²) in [6.45, 7) is 5.37. The fraction of sp³-hybridized carbons (Fsp3) is 0.259. The summed E-state index contributed by atoms with van der Waals surface area (Å²) in [7, 11) is 0. The zero-order valence-corrected chi connectivity index (χ0v) is 21.3. The van der Waals surface area contributed by atoms with E-state index in [2.05, 4.69) is 24.7 Å². The number of amides is 1. The lowest BCUT2D eigenvalue weighted by molar-refractivity contribution is -0.120. The summed E-state index contributed by atoms with van der Waals surface area (Å²) in [5.74, 6) is -0.0895. The Balaban J connectivity index is 1.58. The first-order chi connectivity index (χ1) is 18.3. The lowest BCUT2D eigenvalue weighted by Crippen LogP contribution is -2.36. The van der Waals surface area contributed by atoms with E-state index in [9.17, 15) is 14.4 Å². The highest BCUT2D eigenvalue weighted by molar-refractivity contribution is 5.80. The predicted molar refractivity (Wildman–Crippen MR) is 141 cm³/mol. The third-order valence-electron chi connectivity index (χ3n) is 6.55. The van der Waals surface area contributed by atoms with Crippen LogP contribution in [-0.4, -0.2) is 35.2 Å². The molecule has 1 unspecified atom stereocenters. The van der Waals surface area contributed by atoms with Gasteiger partial charge in [0.1, 0.15) is 11.9 Å². The van der Waals surface area contributed by atoms with Gasteiger partial charge in [-0.2, -0.15) is 10.1 Å². The van der Waals surface area contributed by atoms with Gasteiger partial charge in [0.15, 0.2) is 5.82 Å². The number of hydrogen-bond donors (Lipinski definition) is 2. The SMILES string of the molecule is CCCc1c(Cc2ccc(-c3ccccc3-c3noc(=O)[nH]3)cc2)c(=O)n(C(C)C(N)=O)c2nc(C)nn12. The van der Waals surface area contributed by atoms with Gasteiger partial charge in [-0.25, -0.2) is 9.31 Å². The molecule has 0 aliphatic rings. The maximum atomic E-state index is 13.8. The second-order valence-corrected chi connectivity index (χ2v) is 9.16. The number of aromatic nitrogens is 6. The Morgan fingerprint density at radius 1 is 1.11 bits per heavy atom. The summed E-state index contributed by atoms with van der Waals surface area (Å²) in [5, 5.41) is 8.34. The number of H-pyrrole nitrogens is 1. The van der Waals surface area contributed by atoms with Gasteiger partial charge in [-0.3, -0.25) is 23.7 Å². The van der Waals surface area contributed by atoms with Gasteiger partial charge in [0.2, 0.25) is 11.7 Å². The average molecular weight is 514 g/mol. The number of fused-ring (bicyclic) bond motifs is 1. The van der Waals surface area contributed by atoms with Gasteiger partial charge in [0.25, 0.3) is 5.56 Å². The third-order valence-corrected chi connectivity index (χ3v) is 6.55. The van der Waals surface area contributed by atoms with Crippen molar-refractivity contribution in [1.82, 2.24) is 29.3 Å². The fourth-order valence-corrected chi connectivity index (χ4v) is 4.67. The highest BCUT2D eigenvalue weighted by Gasteiger charge is 2.24. The molecule has 2 aromatic carbocycles. The Labute approximate surface area is 216 Å². The molecule has 3 aromatic heterocycles. The smallest absolute Gasteiger partial charge is 0.368 e. The largest absolute Gasteiger partial charge is 0.439 e. The van der Waals surface area contributed by atoms with E-state index in [0.717, 1.165) is 34.4 Å². The molecule has 1 amide bonds. The van der Waals surface area contributed by atoms with Gasteiger partial charge in [-0.05, 0) is 37.0 Å². The van der Waals surface area contributed by atoms with Crippen LogP contribution in [0.15, 0.2) is 62.6 Å². The van der Waals surface area contributed by atoms with E-state index < -0.39 is 17.7 Å². The Hall–Kier alpha value is -4.80. The molecule has 11 heteroatoms. The molecule has 0 spiro atoms. The summed E-state index contributed by atoms with van der Waals surface area (Å²) in [4.78, 5) is 44.3. The number of rotatable bonds is 8. The Morgan fingerprint density at radius 2 is 1.82 bits per heavy atom. The number of hydrogen-bond acceptors (Lipinski definition) is 7. The molecule has 194 valence electrons. The van der Waals surface area contributed by atoms with Crippen LogP contribution in [0, 0.1) is 6.92 Å². The van der Waals surface area contributed by atoms with Crippen molar-refractivity contribution in [3.8, 4) is 22.5 Å². The molecule has 5 aromatic rings. The van der Waals surface area contributed by atoms with Gasteiger partial charge in [0.05, 0.1) is 5.69 Å². The van der Waals surface area contributed by atoms with E-state index in [4.69, 9.17) is 5.73 Å². The molecule has 3 N–H and O–H groups in total. The zero-order valence-electron chi connectivity index (χ0n) is 21.3. The minimum atomic E-state index is -0.884. The maximum Gasteiger partial charge on any atom is 0.439 e. The van der Waals surface area contributed by atoms with Crippen molar-refractivity contribution in [2.24, 2.45) is 5.73 Å². The van der Waals surface area contributed by atoms with Crippen LogP contribution in [0.5, 0.6) is 0 Å². The standard InChI is InChI=1S/C27H27N7O4/c1-4-7-22-21(25(36)33(15(2)23(28)35)26-29-16(3)31-34(22)26)14-17-10-12-18(13-11-17)19-8-5-6-9-20(19)24-30-27(37)38-32-24/h5-6,8-13,15H,4,7,14H2,1-3H3,(H2,28,35)(H,30,32,37). The molecule has 11 nitrogen and oxygen atoms in total. The number of carbonyl (C=O) groups is 1.